The van der Waals surface area contributed by atoms with Crippen molar-refractivity contribution in [2.45, 2.75) is 63.4 Å². The van der Waals surface area contributed by atoms with E-state index in [4.69, 9.17) is 23.7 Å². The van der Waals surface area contributed by atoms with Crippen molar-refractivity contribution in [2.75, 3.05) is 28.4 Å². The van der Waals surface area contributed by atoms with Gasteiger partial charge in [-0.05, 0) is 80.3 Å². The lowest BCUT2D eigenvalue weighted by atomic mass is 9.71. The number of hydrogen-bond donors (Lipinski definition) is 1. The molecule has 3 aliphatic rings. The molecule has 0 saturated heterocycles. The second-order valence-corrected chi connectivity index (χ2v) is 10.6. The number of esters is 1. The highest BCUT2D eigenvalue weighted by molar-refractivity contribution is 6.04. The Hall–Kier alpha value is -3.94. The minimum atomic E-state index is -0.580. The van der Waals surface area contributed by atoms with E-state index in [1.807, 2.05) is 43.3 Å². The molecule has 1 heterocycles. The molecule has 1 fully saturated rings. The Morgan fingerprint density at radius 1 is 0.800 bits per heavy atom. The lowest BCUT2D eigenvalue weighted by molar-refractivity contribution is -0.144. The minimum Gasteiger partial charge on any atom is -0.493 e. The van der Waals surface area contributed by atoms with Crippen LogP contribution in [0.15, 0.2) is 58.9 Å². The summed E-state index contributed by atoms with van der Waals surface area (Å²) in [5.41, 5.74) is 4.37. The highest BCUT2D eigenvalue weighted by atomic mass is 16.5. The monoisotopic (exact) mass is 547 g/mol. The number of methoxy groups -OCH3 is 4. The molecule has 8 heteroatoms. The number of ketones is 1. The SMILES string of the molecule is COc1ccc([C@H]2CC(=O)C3=C(C2)NC(C)=C(C(=O)OC2CCCC2)[C@H]3c2ccc(OC)c(OC)c2)cc1OC. The molecule has 2 aromatic rings. The molecule has 0 spiro atoms. The van der Waals surface area contributed by atoms with Gasteiger partial charge in [0.2, 0.25) is 0 Å². The van der Waals surface area contributed by atoms with Gasteiger partial charge in [-0.3, -0.25) is 4.79 Å². The van der Waals surface area contributed by atoms with Crippen LogP contribution in [0.1, 0.15) is 68.4 Å². The maximum Gasteiger partial charge on any atom is 0.337 e. The summed E-state index contributed by atoms with van der Waals surface area (Å²) in [4.78, 5) is 27.7. The first kappa shape index (κ1) is 27.6. The van der Waals surface area contributed by atoms with Gasteiger partial charge in [0.25, 0.3) is 0 Å². The Labute approximate surface area is 235 Å². The maximum atomic E-state index is 14.0. The lowest BCUT2D eigenvalue weighted by Crippen LogP contribution is -2.36. The van der Waals surface area contributed by atoms with E-state index >= 15 is 0 Å². The first-order chi connectivity index (χ1) is 19.4. The van der Waals surface area contributed by atoms with Crippen LogP contribution in [0.25, 0.3) is 0 Å². The largest absolute Gasteiger partial charge is 0.493 e. The quantitative estimate of drug-likeness (QED) is 0.429. The van der Waals surface area contributed by atoms with Gasteiger partial charge in [-0.2, -0.15) is 0 Å². The van der Waals surface area contributed by atoms with Crippen LogP contribution in [0.5, 0.6) is 23.0 Å². The van der Waals surface area contributed by atoms with E-state index in [1.165, 1.54) is 0 Å². The molecule has 8 nitrogen and oxygen atoms in total. The van der Waals surface area contributed by atoms with Gasteiger partial charge in [-0.25, -0.2) is 4.79 Å². The van der Waals surface area contributed by atoms with Crippen LogP contribution < -0.4 is 24.3 Å². The van der Waals surface area contributed by atoms with Crippen molar-refractivity contribution in [2.24, 2.45) is 0 Å². The molecule has 1 N–H and O–H groups in total. The van der Waals surface area contributed by atoms with Gasteiger partial charge >= 0.3 is 5.97 Å². The fourth-order valence-electron chi connectivity index (χ4n) is 6.24. The third-order valence-corrected chi connectivity index (χ3v) is 8.24. The number of carbonyl (C=O) groups is 2. The topological polar surface area (TPSA) is 92.3 Å². The number of ether oxygens (including phenoxy) is 5. The Morgan fingerprint density at radius 3 is 1.98 bits per heavy atom. The normalized spacial score (nSPS) is 21.1. The van der Waals surface area contributed by atoms with Crippen LogP contribution in [-0.2, 0) is 14.3 Å². The summed E-state index contributed by atoms with van der Waals surface area (Å²) in [6.45, 7) is 1.88. The molecular formula is C32H37NO7. The van der Waals surface area contributed by atoms with Crippen molar-refractivity contribution in [1.29, 1.82) is 0 Å². The van der Waals surface area contributed by atoms with Crippen molar-refractivity contribution >= 4 is 11.8 Å². The van der Waals surface area contributed by atoms with E-state index in [2.05, 4.69) is 5.32 Å². The second kappa shape index (κ2) is 11.7. The first-order valence-electron chi connectivity index (χ1n) is 13.8. The van der Waals surface area contributed by atoms with Gasteiger partial charge in [-0.1, -0.05) is 12.1 Å². The van der Waals surface area contributed by atoms with Crippen LogP contribution in [0.3, 0.4) is 0 Å². The molecule has 2 atom stereocenters. The molecule has 1 aliphatic heterocycles. The van der Waals surface area contributed by atoms with Crippen molar-refractivity contribution in [1.82, 2.24) is 5.32 Å². The van der Waals surface area contributed by atoms with Crippen molar-refractivity contribution < 1.29 is 33.3 Å². The van der Waals surface area contributed by atoms with Crippen LogP contribution in [0, 0.1) is 0 Å². The Kier molecular flexibility index (Phi) is 8.05. The molecule has 0 unspecified atom stereocenters. The number of dihydropyridines is 1. The molecule has 40 heavy (non-hydrogen) atoms. The van der Waals surface area contributed by atoms with Gasteiger partial charge in [-0.15, -0.1) is 0 Å². The number of Topliss-reactive ketones (excluding diaryl/α,β-unsaturated/α-hetero) is 1. The molecule has 5 rings (SSSR count). The van der Waals surface area contributed by atoms with Crippen LogP contribution in [-0.4, -0.2) is 46.3 Å². The van der Waals surface area contributed by atoms with Gasteiger partial charge in [0.15, 0.2) is 28.8 Å². The Bertz CT molecular complexity index is 1370. The van der Waals surface area contributed by atoms with Gasteiger partial charge in [0.05, 0.1) is 34.0 Å². The first-order valence-corrected chi connectivity index (χ1v) is 13.8. The number of benzene rings is 2. The van der Waals surface area contributed by atoms with Crippen molar-refractivity contribution in [3.8, 4) is 23.0 Å². The summed E-state index contributed by atoms with van der Waals surface area (Å²) in [5.74, 6) is 1.36. The molecule has 2 aliphatic carbocycles. The smallest absolute Gasteiger partial charge is 0.337 e. The molecule has 1 saturated carbocycles. The lowest BCUT2D eigenvalue weighted by Gasteiger charge is -2.37. The predicted octanol–water partition coefficient (Wildman–Crippen LogP) is 5.57. The molecule has 212 valence electrons. The number of allylic oxidation sites excluding steroid dienone is 3. The van der Waals surface area contributed by atoms with E-state index in [1.54, 1.807) is 28.4 Å². The fourth-order valence-corrected chi connectivity index (χ4v) is 6.24. The molecule has 2 aromatic carbocycles. The van der Waals surface area contributed by atoms with Gasteiger partial charge < -0.3 is 29.0 Å². The van der Waals surface area contributed by atoms with Crippen LogP contribution in [0.2, 0.25) is 0 Å². The zero-order valence-electron chi connectivity index (χ0n) is 23.8. The summed E-state index contributed by atoms with van der Waals surface area (Å²) in [7, 11) is 6.36. The van der Waals surface area contributed by atoms with Gasteiger partial charge in [0, 0.05) is 29.3 Å². The van der Waals surface area contributed by atoms with E-state index in [-0.39, 0.29) is 23.8 Å². The minimum absolute atomic E-state index is 0.00742. The number of hydrogen-bond acceptors (Lipinski definition) is 8. The maximum absolute atomic E-state index is 14.0. The third-order valence-electron chi connectivity index (χ3n) is 8.24. The van der Waals surface area contributed by atoms with Gasteiger partial charge in [0.1, 0.15) is 6.10 Å². The zero-order chi connectivity index (χ0) is 28.4. The number of carbonyl (C=O) groups excluding carboxylic acids is 2. The van der Waals surface area contributed by atoms with Crippen molar-refractivity contribution in [3.05, 3.63) is 70.1 Å². The van der Waals surface area contributed by atoms with E-state index < -0.39 is 5.92 Å². The summed E-state index contributed by atoms with van der Waals surface area (Å²) in [5, 5.41) is 3.43. The Morgan fingerprint density at radius 2 is 1.38 bits per heavy atom. The fraction of sp³-hybridized carbons (Fsp3) is 0.438. The number of rotatable bonds is 8. The standard InChI is InChI=1S/C32H37NO7/c1-18-29(32(35)40-22-8-6-7-9-22)30(20-11-13-26(37-3)28(17-20)39-5)31-23(33-18)14-21(15-24(31)34)19-10-12-25(36-2)27(16-19)38-4/h10-13,16-17,21-22,30,33H,6-9,14-15H2,1-5H3/t21-,30-/m1/s1. The van der Waals surface area contributed by atoms with Crippen LogP contribution in [0.4, 0.5) is 0 Å². The Balaban J connectivity index is 1.56. The summed E-state index contributed by atoms with van der Waals surface area (Å²) in [6, 6.07) is 11.3. The van der Waals surface area contributed by atoms with E-state index in [0.717, 1.165) is 42.5 Å². The highest BCUT2D eigenvalue weighted by Crippen LogP contribution is 2.48. The molecular weight excluding hydrogens is 510 g/mol. The molecule has 0 bridgehead atoms. The average Bonchev–Trinajstić information content (AvgIpc) is 3.48. The summed E-state index contributed by atoms with van der Waals surface area (Å²) in [6.07, 6.45) is 4.67. The molecule has 0 amide bonds. The average molecular weight is 548 g/mol. The summed E-state index contributed by atoms with van der Waals surface area (Å²) < 4.78 is 27.9. The third kappa shape index (κ3) is 5.15. The highest BCUT2D eigenvalue weighted by Gasteiger charge is 2.42. The van der Waals surface area contributed by atoms with Crippen molar-refractivity contribution in [3.63, 3.8) is 0 Å². The van der Waals surface area contributed by atoms with Crippen LogP contribution >= 0.6 is 0 Å². The second-order valence-electron chi connectivity index (χ2n) is 10.6. The van der Waals surface area contributed by atoms with E-state index in [9.17, 15) is 9.59 Å². The molecule has 0 radical (unpaired) electrons. The number of nitrogens with one attached hydrogen (secondary N) is 1. The summed E-state index contributed by atoms with van der Waals surface area (Å²) >= 11 is 0. The zero-order valence-corrected chi connectivity index (χ0v) is 23.8. The van der Waals surface area contributed by atoms with E-state index in [0.29, 0.717) is 52.7 Å². The predicted molar refractivity (Wildman–Crippen MR) is 150 cm³/mol. The molecule has 0 aromatic heterocycles.